The fourth-order valence-corrected chi connectivity index (χ4v) is 4.97. The highest BCUT2D eigenvalue weighted by molar-refractivity contribution is 7.99. The normalized spacial score (nSPS) is 22.1. The number of methoxy groups -OCH3 is 2. The molecule has 6 nitrogen and oxygen atoms in total. The Hall–Kier alpha value is -1.44. The highest BCUT2D eigenvalue weighted by Gasteiger charge is 2.31. The topological polar surface area (TPSA) is 45.2 Å². The molecule has 27 heavy (non-hydrogen) atoms. The fourth-order valence-electron chi connectivity index (χ4n) is 3.68. The summed E-state index contributed by atoms with van der Waals surface area (Å²) in [5, 5.41) is 0.0135. The maximum Gasteiger partial charge on any atom is 0.224 e. The van der Waals surface area contributed by atoms with Gasteiger partial charge in [-0.2, -0.15) is 0 Å². The molecule has 2 fully saturated rings. The molecule has 2 saturated heterocycles. The second-order valence-corrected chi connectivity index (χ2v) is 8.35. The van der Waals surface area contributed by atoms with E-state index in [1.165, 1.54) is 0 Å². The molecule has 0 aliphatic carbocycles. The summed E-state index contributed by atoms with van der Waals surface area (Å²) < 4.78 is 10.9. The number of hydrogen-bond donors (Lipinski definition) is 0. The van der Waals surface area contributed by atoms with Gasteiger partial charge in [-0.1, -0.05) is 0 Å². The maximum absolute atomic E-state index is 12.7. The average molecular weight is 394 g/mol. The molecule has 2 heterocycles. The molecule has 1 unspecified atom stereocenters. The number of carbonyl (C=O) groups excluding carboxylic acids is 1. The van der Waals surface area contributed by atoms with Crippen molar-refractivity contribution < 1.29 is 14.3 Å². The zero-order valence-electron chi connectivity index (χ0n) is 16.6. The van der Waals surface area contributed by atoms with Gasteiger partial charge in [-0.3, -0.25) is 4.79 Å². The number of ether oxygens (including phenoxy) is 2. The Kier molecular flexibility index (Phi) is 7.26. The van der Waals surface area contributed by atoms with Crippen molar-refractivity contribution in [3.05, 3.63) is 23.8 Å². The zero-order chi connectivity index (χ0) is 19.2. The lowest BCUT2D eigenvalue weighted by Crippen LogP contribution is -2.45. The van der Waals surface area contributed by atoms with Gasteiger partial charge in [-0.25, -0.2) is 0 Å². The van der Waals surface area contributed by atoms with Gasteiger partial charge in [0.25, 0.3) is 0 Å². The van der Waals surface area contributed by atoms with Crippen molar-refractivity contribution in [2.45, 2.75) is 18.2 Å². The van der Waals surface area contributed by atoms with Gasteiger partial charge in [0.2, 0.25) is 5.91 Å². The van der Waals surface area contributed by atoms with E-state index in [1.54, 1.807) is 14.2 Å². The Bertz CT molecular complexity index is 635. The van der Waals surface area contributed by atoms with Crippen molar-refractivity contribution in [1.29, 1.82) is 0 Å². The molecule has 150 valence electrons. The van der Waals surface area contributed by atoms with Crippen LogP contribution >= 0.6 is 11.8 Å². The molecule has 0 saturated carbocycles. The molecule has 0 aromatic heterocycles. The summed E-state index contributed by atoms with van der Waals surface area (Å²) >= 11 is 1.82. The number of rotatable bonds is 7. The van der Waals surface area contributed by atoms with E-state index < -0.39 is 0 Å². The predicted molar refractivity (Wildman–Crippen MR) is 110 cm³/mol. The summed E-state index contributed by atoms with van der Waals surface area (Å²) in [6, 6.07) is 5.87. The Morgan fingerprint density at radius 1 is 1.11 bits per heavy atom. The van der Waals surface area contributed by atoms with E-state index in [0.717, 1.165) is 68.5 Å². The lowest BCUT2D eigenvalue weighted by Gasteiger charge is -2.37. The molecular formula is C20H31N3O3S. The molecule has 3 rings (SSSR count). The molecule has 0 N–H and O–H groups in total. The van der Waals surface area contributed by atoms with Gasteiger partial charge < -0.3 is 24.2 Å². The summed E-state index contributed by atoms with van der Waals surface area (Å²) in [7, 11) is 5.50. The third-order valence-corrected chi connectivity index (χ3v) is 6.64. The van der Waals surface area contributed by atoms with Gasteiger partial charge in [0.15, 0.2) is 0 Å². The Balaban J connectivity index is 1.65. The second kappa shape index (κ2) is 9.66. The van der Waals surface area contributed by atoms with E-state index in [4.69, 9.17) is 9.47 Å². The van der Waals surface area contributed by atoms with E-state index >= 15 is 0 Å². The van der Waals surface area contributed by atoms with Crippen LogP contribution in [0.25, 0.3) is 0 Å². The highest BCUT2D eigenvalue weighted by atomic mass is 32.2. The van der Waals surface area contributed by atoms with Crippen LogP contribution in [-0.4, -0.2) is 86.9 Å². The van der Waals surface area contributed by atoms with Gasteiger partial charge in [-0.05, 0) is 32.1 Å². The third kappa shape index (κ3) is 5.09. The predicted octanol–water partition coefficient (Wildman–Crippen LogP) is 2.31. The van der Waals surface area contributed by atoms with E-state index in [0.29, 0.717) is 6.42 Å². The number of nitrogens with zero attached hydrogens (tertiary/aromatic N) is 3. The molecule has 0 bridgehead atoms. The van der Waals surface area contributed by atoms with Crippen LogP contribution in [-0.2, 0) is 4.79 Å². The minimum Gasteiger partial charge on any atom is -0.497 e. The first-order valence-corrected chi connectivity index (χ1v) is 10.7. The number of carbonyl (C=O) groups is 1. The first-order valence-electron chi connectivity index (χ1n) is 9.66. The summed E-state index contributed by atoms with van der Waals surface area (Å²) in [6.07, 6.45) is 1.62. The Labute approximate surface area is 166 Å². The first kappa shape index (κ1) is 20.3. The van der Waals surface area contributed by atoms with Crippen LogP contribution < -0.4 is 9.47 Å². The number of benzene rings is 1. The van der Waals surface area contributed by atoms with Gasteiger partial charge in [-0.15, -0.1) is 11.8 Å². The lowest BCUT2D eigenvalue weighted by atomic mass is 10.1. The molecular weight excluding hydrogens is 362 g/mol. The summed E-state index contributed by atoms with van der Waals surface area (Å²) in [6.45, 7) is 6.34. The number of amides is 1. The molecule has 2 aliphatic rings. The summed E-state index contributed by atoms with van der Waals surface area (Å²) in [5.74, 6) is 2.65. The number of likely N-dealkylation sites (N-methyl/N-ethyl adjacent to an activating group) is 1. The van der Waals surface area contributed by atoms with Crippen molar-refractivity contribution in [3.63, 3.8) is 0 Å². The van der Waals surface area contributed by atoms with Crippen LogP contribution in [0, 0.1) is 0 Å². The standard InChI is InChI=1S/C20H31N3O3S/c1-21-10-12-22(13-11-21)8-4-9-23-19(24)7-14-27-20(23)17-6-5-16(25-2)15-18(17)26-3/h5-6,15,20H,4,7-14H2,1-3H3. The quantitative estimate of drug-likeness (QED) is 0.708. The smallest absolute Gasteiger partial charge is 0.224 e. The van der Waals surface area contributed by atoms with Crippen LogP contribution in [0.2, 0.25) is 0 Å². The van der Waals surface area contributed by atoms with Gasteiger partial charge in [0.1, 0.15) is 16.9 Å². The van der Waals surface area contributed by atoms with E-state index in [-0.39, 0.29) is 11.3 Å². The largest absolute Gasteiger partial charge is 0.497 e. The van der Waals surface area contributed by atoms with Crippen LogP contribution in [0.5, 0.6) is 11.5 Å². The van der Waals surface area contributed by atoms with E-state index in [1.807, 2.05) is 34.9 Å². The third-order valence-electron chi connectivity index (χ3n) is 5.37. The van der Waals surface area contributed by atoms with Crippen molar-refractivity contribution in [2.75, 3.05) is 66.3 Å². The average Bonchev–Trinajstić information content (AvgIpc) is 2.70. The minimum absolute atomic E-state index is 0.0135. The van der Waals surface area contributed by atoms with Crippen LogP contribution in [0.15, 0.2) is 18.2 Å². The summed E-state index contributed by atoms with van der Waals surface area (Å²) in [4.78, 5) is 19.6. The Morgan fingerprint density at radius 2 is 1.89 bits per heavy atom. The van der Waals surface area contributed by atoms with Crippen molar-refractivity contribution in [1.82, 2.24) is 14.7 Å². The van der Waals surface area contributed by atoms with Gasteiger partial charge in [0, 0.05) is 56.5 Å². The number of piperazine rings is 1. The molecule has 0 radical (unpaired) electrons. The van der Waals surface area contributed by atoms with Crippen LogP contribution in [0.1, 0.15) is 23.8 Å². The molecule has 0 spiro atoms. The highest BCUT2D eigenvalue weighted by Crippen LogP contribution is 2.42. The lowest BCUT2D eigenvalue weighted by molar-refractivity contribution is -0.132. The first-order chi connectivity index (χ1) is 13.1. The monoisotopic (exact) mass is 393 g/mol. The fraction of sp³-hybridized carbons (Fsp3) is 0.650. The van der Waals surface area contributed by atoms with E-state index in [9.17, 15) is 4.79 Å². The SMILES string of the molecule is COc1ccc(C2SCCC(=O)N2CCCN2CCN(C)CC2)c(OC)c1. The molecule has 1 amide bonds. The second-order valence-electron chi connectivity index (χ2n) is 7.17. The summed E-state index contributed by atoms with van der Waals surface area (Å²) in [5.41, 5.74) is 1.05. The molecule has 1 aromatic rings. The Morgan fingerprint density at radius 3 is 2.59 bits per heavy atom. The minimum atomic E-state index is 0.0135. The number of hydrogen-bond acceptors (Lipinski definition) is 6. The van der Waals surface area contributed by atoms with Crippen LogP contribution in [0.4, 0.5) is 0 Å². The molecule has 7 heteroatoms. The molecule has 1 aromatic carbocycles. The molecule has 1 atom stereocenters. The van der Waals surface area contributed by atoms with Gasteiger partial charge in [0.05, 0.1) is 14.2 Å². The van der Waals surface area contributed by atoms with E-state index in [2.05, 4.69) is 16.8 Å². The van der Waals surface area contributed by atoms with Crippen molar-refractivity contribution in [3.8, 4) is 11.5 Å². The zero-order valence-corrected chi connectivity index (χ0v) is 17.5. The van der Waals surface area contributed by atoms with Crippen molar-refractivity contribution in [2.24, 2.45) is 0 Å². The van der Waals surface area contributed by atoms with Crippen molar-refractivity contribution >= 4 is 17.7 Å². The van der Waals surface area contributed by atoms with Gasteiger partial charge >= 0.3 is 0 Å². The number of thioether (sulfide) groups is 1. The molecule has 2 aliphatic heterocycles. The van der Waals surface area contributed by atoms with Crippen LogP contribution in [0.3, 0.4) is 0 Å². The maximum atomic E-state index is 12.7.